The maximum atomic E-state index is 13.9. The van der Waals surface area contributed by atoms with E-state index in [2.05, 4.69) is 10.4 Å². The van der Waals surface area contributed by atoms with E-state index in [0.29, 0.717) is 23.4 Å². The Balaban J connectivity index is 1.49. The van der Waals surface area contributed by atoms with Gasteiger partial charge in [0.25, 0.3) is 5.91 Å². The molecule has 0 fully saturated rings. The second kappa shape index (κ2) is 9.73. The SMILES string of the molecule is CC1C=C(NC(=O)N2CCc3nn4c(c3C2)C(=O)N(C)OC(CNC(=O)C(F)(F)F)C4)C=C(Cl)C1F. The zero-order chi connectivity index (χ0) is 26.4. The van der Waals surface area contributed by atoms with Crippen LogP contribution in [0.25, 0.3) is 0 Å². The molecule has 0 radical (unpaired) electrons. The van der Waals surface area contributed by atoms with Gasteiger partial charge in [-0.15, -0.1) is 0 Å². The van der Waals surface area contributed by atoms with Crippen LogP contribution < -0.4 is 10.6 Å². The minimum atomic E-state index is -5.05. The predicted octanol–water partition coefficient (Wildman–Crippen LogP) is 2.01. The van der Waals surface area contributed by atoms with Gasteiger partial charge in [-0.05, 0) is 6.08 Å². The largest absolute Gasteiger partial charge is 0.471 e. The van der Waals surface area contributed by atoms with Crippen molar-refractivity contribution in [1.82, 2.24) is 30.4 Å². The Bertz CT molecular complexity index is 1150. The normalized spacial score (nSPS) is 24.3. The number of rotatable bonds is 3. The first-order valence-corrected chi connectivity index (χ1v) is 11.4. The van der Waals surface area contributed by atoms with Gasteiger partial charge in [0.05, 0.1) is 23.8 Å². The summed E-state index contributed by atoms with van der Waals surface area (Å²) < 4.78 is 52.8. The van der Waals surface area contributed by atoms with Crippen molar-refractivity contribution in [3.63, 3.8) is 0 Å². The fraction of sp³-hybridized carbons (Fsp3) is 0.524. The molecule has 3 aliphatic rings. The highest BCUT2D eigenvalue weighted by Gasteiger charge is 2.40. The Kier molecular flexibility index (Phi) is 7.01. The number of urea groups is 1. The van der Waals surface area contributed by atoms with Crippen molar-refractivity contribution in [1.29, 1.82) is 0 Å². The lowest BCUT2D eigenvalue weighted by molar-refractivity contribution is -0.177. The van der Waals surface area contributed by atoms with Gasteiger partial charge in [0.15, 0.2) is 0 Å². The van der Waals surface area contributed by atoms with E-state index in [-0.39, 0.29) is 30.4 Å². The fourth-order valence-electron chi connectivity index (χ4n) is 4.20. The van der Waals surface area contributed by atoms with Gasteiger partial charge in [-0.25, -0.2) is 14.2 Å². The lowest BCUT2D eigenvalue weighted by Crippen LogP contribution is -2.44. The molecule has 0 saturated carbocycles. The lowest BCUT2D eigenvalue weighted by Gasteiger charge is -2.28. The molecule has 3 atom stereocenters. The smallest absolute Gasteiger partial charge is 0.345 e. The minimum Gasteiger partial charge on any atom is -0.345 e. The molecule has 2 N–H and O–H groups in total. The number of hydrogen-bond acceptors (Lipinski definition) is 5. The molecular weight excluding hydrogens is 512 g/mol. The standard InChI is InChI=1S/C21H23ClF4N6O4/c1-10-5-11(6-14(22)16(10)23)28-20(35)31-4-3-15-13(9-31)17-18(33)30(2)36-12(8-32(17)29-15)7-27-19(34)21(24,25)26/h5-6,10,12,16H,3-4,7-9H2,1-2H3,(H,27,34)(H,28,35). The summed E-state index contributed by atoms with van der Waals surface area (Å²) in [6.45, 7) is 1.36. The summed E-state index contributed by atoms with van der Waals surface area (Å²) in [7, 11) is 1.30. The topological polar surface area (TPSA) is 109 Å². The number of alkyl halides is 4. The number of nitrogens with zero attached hydrogens (tertiary/aromatic N) is 4. The number of halogens is 5. The summed E-state index contributed by atoms with van der Waals surface area (Å²) in [5, 5.41) is 9.71. The fourth-order valence-corrected chi connectivity index (χ4v) is 4.52. The van der Waals surface area contributed by atoms with E-state index in [4.69, 9.17) is 16.4 Å². The van der Waals surface area contributed by atoms with Crippen LogP contribution in [-0.4, -0.2) is 76.2 Å². The van der Waals surface area contributed by atoms with Crippen molar-refractivity contribution in [2.24, 2.45) is 5.92 Å². The monoisotopic (exact) mass is 534 g/mol. The van der Waals surface area contributed by atoms with Crippen molar-refractivity contribution < 1.29 is 36.8 Å². The molecule has 0 saturated heterocycles. The zero-order valence-corrected chi connectivity index (χ0v) is 20.0. The van der Waals surface area contributed by atoms with E-state index < -0.39 is 48.8 Å². The van der Waals surface area contributed by atoms with E-state index in [1.807, 2.05) is 0 Å². The van der Waals surface area contributed by atoms with Crippen LogP contribution in [0.4, 0.5) is 22.4 Å². The Hall–Kier alpha value is -3.13. The predicted molar refractivity (Wildman–Crippen MR) is 117 cm³/mol. The van der Waals surface area contributed by atoms with Gasteiger partial charge in [0.1, 0.15) is 18.0 Å². The van der Waals surface area contributed by atoms with Gasteiger partial charge in [0, 0.05) is 43.7 Å². The summed E-state index contributed by atoms with van der Waals surface area (Å²) in [5.74, 6) is -3.23. The molecular formula is C21H23ClF4N6O4. The molecule has 2 aliphatic heterocycles. The van der Waals surface area contributed by atoms with Gasteiger partial charge < -0.3 is 15.5 Å². The van der Waals surface area contributed by atoms with Crippen LogP contribution in [0.2, 0.25) is 0 Å². The van der Waals surface area contributed by atoms with Crippen LogP contribution in [0.15, 0.2) is 22.9 Å². The number of carbonyl (C=O) groups excluding carboxylic acids is 3. The third kappa shape index (κ3) is 5.19. The molecule has 10 nitrogen and oxygen atoms in total. The van der Waals surface area contributed by atoms with Gasteiger partial charge >= 0.3 is 18.1 Å². The first-order valence-electron chi connectivity index (χ1n) is 11.0. The number of aromatic nitrogens is 2. The second-order valence-corrected chi connectivity index (χ2v) is 9.14. The molecule has 4 rings (SSSR count). The molecule has 3 unspecified atom stereocenters. The van der Waals surface area contributed by atoms with Crippen molar-refractivity contribution in [2.75, 3.05) is 20.1 Å². The quantitative estimate of drug-likeness (QED) is 0.577. The average molecular weight is 535 g/mol. The van der Waals surface area contributed by atoms with Gasteiger partial charge in [-0.1, -0.05) is 24.6 Å². The van der Waals surface area contributed by atoms with Crippen LogP contribution in [-0.2, 0) is 29.1 Å². The highest BCUT2D eigenvalue weighted by atomic mass is 35.5. The number of amides is 4. The van der Waals surface area contributed by atoms with Crippen molar-refractivity contribution in [3.8, 4) is 0 Å². The van der Waals surface area contributed by atoms with E-state index in [1.165, 1.54) is 22.7 Å². The number of carbonyl (C=O) groups is 3. The molecule has 1 aromatic rings. The molecule has 1 aliphatic carbocycles. The molecule has 0 bridgehead atoms. The number of nitrogens with one attached hydrogen (secondary N) is 2. The molecule has 196 valence electrons. The lowest BCUT2D eigenvalue weighted by atomic mass is 9.99. The second-order valence-electron chi connectivity index (χ2n) is 8.71. The van der Waals surface area contributed by atoms with Gasteiger partial charge in [-0.3, -0.25) is 19.1 Å². The maximum Gasteiger partial charge on any atom is 0.471 e. The van der Waals surface area contributed by atoms with E-state index in [9.17, 15) is 31.9 Å². The first-order chi connectivity index (χ1) is 16.8. The summed E-state index contributed by atoms with van der Waals surface area (Å²) in [6, 6.07) is -0.476. The number of hydrogen-bond donors (Lipinski definition) is 2. The highest BCUT2D eigenvalue weighted by Crippen LogP contribution is 2.29. The molecule has 15 heteroatoms. The molecule has 3 heterocycles. The molecule has 0 aromatic carbocycles. The Labute approximate surface area is 207 Å². The van der Waals surface area contributed by atoms with Crippen molar-refractivity contribution in [2.45, 2.75) is 44.9 Å². The van der Waals surface area contributed by atoms with Gasteiger partial charge in [0.2, 0.25) is 0 Å². The summed E-state index contributed by atoms with van der Waals surface area (Å²) in [5.41, 5.74) is 1.56. The van der Waals surface area contributed by atoms with Crippen LogP contribution in [0.3, 0.4) is 0 Å². The van der Waals surface area contributed by atoms with Crippen molar-refractivity contribution in [3.05, 3.63) is 39.8 Å². The van der Waals surface area contributed by atoms with E-state index in [1.54, 1.807) is 18.3 Å². The maximum absolute atomic E-state index is 13.9. The van der Waals surface area contributed by atoms with Crippen LogP contribution in [0.5, 0.6) is 0 Å². The Morgan fingerprint density at radius 3 is 2.72 bits per heavy atom. The first kappa shape index (κ1) is 25.9. The number of fused-ring (bicyclic) bond motifs is 3. The number of hydroxylamine groups is 2. The summed E-state index contributed by atoms with van der Waals surface area (Å²) in [4.78, 5) is 43.9. The Morgan fingerprint density at radius 1 is 1.33 bits per heavy atom. The van der Waals surface area contributed by atoms with E-state index >= 15 is 0 Å². The molecule has 0 spiro atoms. The van der Waals surface area contributed by atoms with E-state index in [0.717, 1.165) is 5.06 Å². The third-order valence-corrected chi connectivity index (χ3v) is 6.34. The highest BCUT2D eigenvalue weighted by molar-refractivity contribution is 6.30. The van der Waals surface area contributed by atoms with Crippen molar-refractivity contribution >= 4 is 29.4 Å². The Morgan fingerprint density at radius 2 is 2.06 bits per heavy atom. The molecule has 4 amide bonds. The minimum absolute atomic E-state index is 0.0159. The molecule has 1 aromatic heterocycles. The number of allylic oxidation sites excluding steroid dienone is 3. The third-order valence-electron chi connectivity index (χ3n) is 6.02. The average Bonchev–Trinajstić information content (AvgIpc) is 3.10. The van der Waals surface area contributed by atoms with Crippen LogP contribution in [0, 0.1) is 5.92 Å². The van der Waals surface area contributed by atoms with Crippen LogP contribution >= 0.6 is 11.6 Å². The molecule has 36 heavy (non-hydrogen) atoms. The summed E-state index contributed by atoms with van der Waals surface area (Å²) in [6.07, 6.45) is -4.16. The van der Waals surface area contributed by atoms with Gasteiger partial charge in [-0.2, -0.15) is 18.3 Å². The van der Waals surface area contributed by atoms with Crippen LogP contribution in [0.1, 0.15) is 28.7 Å². The summed E-state index contributed by atoms with van der Waals surface area (Å²) >= 11 is 5.91. The zero-order valence-electron chi connectivity index (χ0n) is 19.2.